The fourth-order valence-corrected chi connectivity index (χ4v) is 3.91. The molecule has 1 aromatic heterocycles. The first-order valence-electron chi connectivity index (χ1n) is 7.40. The molecule has 1 N–H and O–H groups in total. The van der Waals surface area contributed by atoms with E-state index in [0.717, 1.165) is 21.5 Å². The molecule has 2 aromatic carbocycles. The molecule has 0 aliphatic carbocycles. The van der Waals surface area contributed by atoms with Gasteiger partial charge < -0.3 is 4.57 Å². The minimum absolute atomic E-state index is 0.229. The molecule has 0 saturated carbocycles. The molecule has 3 aromatic rings. The third-order valence-corrected chi connectivity index (χ3v) is 5.70. The second-order valence-electron chi connectivity index (χ2n) is 5.56. The standard InChI is InChI=1S/C18H17BrN2O2S/c1-13-3-4-14(2)21(13)17-9-7-16(8-10-17)20-24(22,23)18-11-5-15(19)6-12-18/h3-12,20H,1-2H3. The molecule has 6 heteroatoms. The monoisotopic (exact) mass is 404 g/mol. The summed E-state index contributed by atoms with van der Waals surface area (Å²) in [4.78, 5) is 0.229. The molecular weight excluding hydrogens is 388 g/mol. The average molecular weight is 405 g/mol. The molecule has 0 fully saturated rings. The lowest BCUT2D eigenvalue weighted by molar-refractivity contribution is 0.601. The van der Waals surface area contributed by atoms with Gasteiger partial charge in [-0.2, -0.15) is 0 Å². The van der Waals surface area contributed by atoms with Crippen LogP contribution in [0.25, 0.3) is 5.69 Å². The molecule has 0 spiro atoms. The SMILES string of the molecule is Cc1ccc(C)n1-c1ccc(NS(=O)(=O)c2ccc(Br)cc2)cc1. The predicted octanol–water partition coefficient (Wildman–Crippen LogP) is 4.66. The highest BCUT2D eigenvalue weighted by Crippen LogP contribution is 2.21. The van der Waals surface area contributed by atoms with Crippen molar-refractivity contribution in [2.24, 2.45) is 0 Å². The fourth-order valence-electron chi connectivity index (χ4n) is 2.58. The molecule has 0 amide bonds. The van der Waals surface area contributed by atoms with Gasteiger partial charge in [-0.1, -0.05) is 15.9 Å². The van der Waals surface area contributed by atoms with Gasteiger partial charge in [0.25, 0.3) is 10.0 Å². The van der Waals surface area contributed by atoms with Gasteiger partial charge in [0.05, 0.1) is 4.90 Å². The number of nitrogens with zero attached hydrogens (tertiary/aromatic N) is 1. The Balaban J connectivity index is 1.85. The zero-order valence-corrected chi connectivity index (χ0v) is 15.7. The first-order valence-corrected chi connectivity index (χ1v) is 9.68. The van der Waals surface area contributed by atoms with Crippen LogP contribution in [0.3, 0.4) is 0 Å². The fraction of sp³-hybridized carbons (Fsp3) is 0.111. The molecule has 1 heterocycles. The van der Waals surface area contributed by atoms with Crippen molar-refractivity contribution in [1.82, 2.24) is 4.57 Å². The molecule has 124 valence electrons. The number of nitrogens with one attached hydrogen (secondary N) is 1. The van der Waals surface area contributed by atoms with Gasteiger partial charge >= 0.3 is 0 Å². The Labute approximate surface area is 150 Å². The second kappa shape index (κ2) is 6.45. The normalized spacial score (nSPS) is 11.5. The number of sulfonamides is 1. The van der Waals surface area contributed by atoms with Crippen LogP contribution in [0.1, 0.15) is 11.4 Å². The van der Waals surface area contributed by atoms with Crippen molar-refractivity contribution in [3.05, 3.63) is 76.5 Å². The third kappa shape index (κ3) is 3.39. The van der Waals surface area contributed by atoms with Crippen molar-refractivity contribution in [3.63, 3.8) is 0 Å². The quantitative estimate of drug-likeness (QED) is 0.687. The lowest BCUT2D eigenvalue weighted by Crippen LogP contribution is -2.12. The Morgan fingerprint density at radius 1 is 0.833 bits per heavy atom. The number of rotatable bonds is 4. The molecule has 0 atom stereocenters. The van der Waals surface area contributed by atoms with Crippen molar-refractivity contribution in [2.45, 2.75) is 18.7 Å². The van der Waals surface area contributed by atoms with Gasteiger partial charge in [0.15, 0.2) is 0 Å². The third-order valence-electron chi connectivity index (χ3n) is 3.77. The Kier molecular flexibility index (Phi) is 4.51. The van der Waals surface area contributed by atoms with E-state index in [1.165, 1.54) is 0 Å². The Hall–Kier alpha value is -2.05. The molecule has 0 radical (unpaired) electrons. The van der Waals surface area contributed by atoms with Crippen LogP contribution in [0.15, 0.2) is 70.0 Å². The maximum absolute atomic E-state index is 12.4. The summed E-state index contributed by atoms with van der Waals surface area (Å²) in [5.41, 5.74) is 3.80. The predicted molar refractivity (Wildman–Crippen MR) is 100 cm³/mol. The summed E-state index contributed by atoms with van der Waals surface area (Å²) in [5, 5.41) is 0. The van der Waals surface area contributed by atoms with E-state index in [4.69, 9.17) is 0 Å². The van der Waals surface area contributed by atoms with Gasteiger partial charge in [-0.15, -0.1) is 0 Å². The van der Waals surface area contributed by atoms with E-state index < -0.39 is 10.0 Å². The summed E-state index contributed by atoms with van der Waals surface area (Å²) in [6.45, 7) is 4.08. The zero-order chi connectivity index (χ0) is 17.3. The molecule has 0 bridgehead atoms. The number of anilines is 1. The smallest absolute Gasteiger partial charge is 0.261 e. The van der Waals surface area contributed by atoms with Crippen LogP contribution in [-0.2, 0) is 10.0 Å². The molecule has 0 aliphatic rings. The topological polar surface area (TPSA) is 51.1 Å². The molecule has 3 rings (SSSR count). The summed E-state index contributed by atoms with van der Waals surface area (Å²) in [6.07, 6.45) is 0. The summed E-state index contributed by atoms with van der Waals surface area (Å²) in [5.74, 6) is 0. The lowest BCUT2D eigenvalue weighted by atomic mass is 10.2. The van der Waals surface area contributed by atoms with E-state index in [1.54, 1.807) is 36.4 Å². The lowest BCUT2D eigenvalue weighted by Gasteiger charge is -2.12. The van der Waals surface area contributed by atoms with Crippen LogP contribution in [0.5, 0.6) is 0 Å². The van der Waals surface area contributed by atoms with Crippen molar-refractivity contribution < 1.29 is 8.42 Å². The number of hydrogen-bond acceptors (Lipinski definition) is 2. The number of halogens is 1. The van der Waals surface area contributed by atoms with Gasteiger partial charge in [0.2, 0.25) is 0 Å². The number of hydrogen-bond donors (Lipinski definition) is 1. The molecule has 0 aliphatic heterocycles. The van der Waals surface area contributed by atoms with E-state index in [9.17, 15) is 8.42 Å². The van der Waals surface area contributed by atoms with Crippen LogP contribution in [-0.4, -0.2) is 13.0 Å². The van der Waals surface area contributed by atoms with Gasteiger partial charge in [0.1, 0.15) is 0 Å². The highest BCUT2D eigenvalue weighted by atomic mass is 79.9. The highest BCUT2D eigenvalue weighted by molar-refractivity contribution is 9.10. The minimum atomic E-state index is -3.59. The van der Waals surface area contributed by atoms with Gasteiger partial charge in [-0.05, 0) is 74.5 Å². The van der Waals surface area contributed by atoms with Crippen molar-refractivity contribution >= 4 is 31.6 Å². The number of benzene rings is 2. The number of aromatic nitrogens is 1. The molecule has 0 saturated heterocycles. The molecule has 24 heavy (non-hydrogen) atoms. The summed E-state index contributed by atoms with van der Waals surface area (Å²) < 4.78 is 30.4. The van der Waals surface area contributed by atoms with E-state index >= 15 is 0 Å². The van der Waals surface area contributed by atoms with Gasteiger partial charge in [0, 0.05) is 27.2 Å². The second-order valence-corrected chi connectivity index (χ2v) is 8.16. The highest BCUT2D eigenvalue weighted by Gasteiger charge is 2.14. The van der Waals surface area contributed by atoms with E-state index in [1.807, 2.05) is 26.0 Å². The zero-order valence-electron chi connectivity index (χ0n) is 13.3. The van der Waals surface area contributed by atoms with Crippen molar-refractivity contribution in [3.8, 4) is 5.69 Å². The number of aryl methyl sites for hydroxylation is 2. The Morgan fingerprint density at radius 3 is 1.92 bits per heavy atom. The van der Waals surface area contributed by atoms with Crippen molar-refractivity contribution in [2.75, 3.05) is 4.72 Å². The van der Waals surface area contributed by atoms with Crippen LogP contribution < -0.4 is 4.72 Å². The van der Waals surface area contributed by atoms with E-state index in [0.29, 0.717) is 5.69 Å². The van der Waals surface area contributed by atoms with E-state index in [-0.39, 0.29) is 4.90 Å². The van der Waals surface area contributed by atoms with E-state index in [2.05, 4.69) is 37.4 Å². The van der Waals surface area contributed by atoms with Crippen LogP contribution >= 0.6 is 15.9 Å². The van der Waals surface area contributed by atoms with Crippen LogP contribution in [0.4, 0.5) is 5.69 Å². The summed E-state index contributed by atoms with van der Waals surface area (Å²) in [7, 11) is -3.59. The molecular formula is C18H17BrN2O2S. The van der Waals surface area contributed by atoms with Crippen molar-refractivity contribution in [1.29, 1.82) is 0 Å². The maximum atomic E-state index is 12.4. The first kappa shape index (κ1) is 16.8. The van der Waals surface area contributed by atoms with Gasteiger partial charge in [-0.25, -0.2) is 8.42 Å². The Bertz CT molecular complexity index is 940. The van der Waals surface area contributed by atoms with Crippen LogP contribution in [0, 0.1) is 13.8 Å². The maximum Gasteiger partial charge on any atom is 0.261 e. The van der Waals surface area contributed by atoms with Crippen LogP contribution in [0.2, 0.25) is 0 Å². The van der Waals surface area contributed by atoms with Gasteiger partial charge in [-0.3, -0.25) is 4.72 Å². The summed E-state index contributed by atoms with van der Waals surface area (Å²) >= 11 is 3.30. The first-order chi connectivity index (χ1) is 11.4. The Morgan fingerprint density at radius 2 is 1.38 bits per heavy atom. The largest absolute Gasteiger partial charge is 0.319 e. The molecule has 4 nitrogen and oxygen atoms in total. The summed E-state index contributed by atoms with van der Waals surface area (Å²) in [6, 6.07) is 18.0. The average Bonchev–Trinajstić information content (AvgIpc) is 2.87. The minimum Gasteiger partial charge on any atom is -0.319 e. The molecule has 0 unspecified atom stereocenters.